The second-order valence-corrected chi connectivity index (χ2v) is 5.25. The molecular formula is C19H20N2O. The van der Waals surface area contributed by atoms with Crippen LogP contribution in [-0.4, -0.2) is 38.0 Å². The van der Waals surface area contributed by atoms with Crippen LogP contribution in [0.5, 0.6) is 0 Å². The Morgan fingerprint density at radius 3 is 2.14 bits per heavy atom. The molecule has 0 aliphatic carbocycles. The van der Waals surface area contributed by atoms with Gasteiger partial charge in [0.25, 0.3) is 5.91 Å². The SMILES string of the molecule is CN(C)CCNC(=O)c1ccc(C#Cc2ccccc2)cc1. The summed E-state index contributed by atoms with van der Waals surface area (Å²) in [6, 6.07) is 17.2. The fraction of sp³-hybridized carbons (Fsp3) is 0.211. The molecule has 0 aliphatic heterocycles. The smallest absolute Gasteiger partial charge is 0.251 e. The van der Waals surface area contributed by atoms with Gasteiger partial charge in [-0.25, -0.2) is 0 Å². The average molecular weight is 292 g/mol. The summed E-state index contributed by atoms with van der Waals surface area (Å²) in [5, 5.41) is 2.89. The van der Waals surface area contributed by atoms with E-state index in [1.165, 1.54) is 0 Å². The maximum absolute atomic E-state index is 12.0. The van der Waals surface area contributed by atoms with Crippen LogP contribution in [0.15, 0.2) is 54.6 Å². The Balaban J connectivity index is 1.96. The molecule has 3 nitrogen and oxygen atoms in total. The molecule has 0 spiro atoms. The largest absolute Gasteiger partial charge is 0.351 e. The number of nitrogens with zero attached hydrogens (tertiary/aromatic N) is 1. The molecule has 2 rings (SSSR count). The molecule has 2 aromatic carbocycles. The molecule has 0 fully saturated rings. The molecule has 0 saturated heterocycles. The zero-order valence-electron chi connectivity index (χ0n) is 13.0. The van der Waals surface area contributed by atoms with Gasteiger partial charge in [-0.3, -0.25) is 4.79 Å². The summed E-state index contributed by atoms with van der Waals surface area (Å²) in [6.07, 6.45) is 0. The second-order valence-electron chi connectivity index (χ2n) is 5.25. The normalized spacial score (nSPS) is 9.95. The number of amides is 1. The highest BCUT2D eigenvalue weighted by Gasteiger charge is 2.04. The van der Waals surface area contributed by atoms with Crippen molar-refractivity contribution in [1.82, 2.24) is 10.2 Å². The van der Waals surface area contributed by atoms with E-state index in [0.29, 0.717) is 12.1 Å². The quantitative estimate of drug-likeness (QED) is 0.878. The summed E-state index contributed by atoms with van der Waals surface area (Å²) in [6.45, 7) is 1.47. The summed E-state index contributed by atoms with van der Waals surface area (Å²) >= 11 is 0. The van der Waals surface area contributed by atoms with Crippen LogP contribution in [0.3, 0.4) is 0 Å². The monoisotopic (exact) mass is 292 g/mol. The Kier molecular flexibility index (Phi) is 5.76. The maximum Gasteiger partial charge on any atom is 0.251 e. The molecule has 3 heteroatoms. The Hall–Kier alpha value is -2.57. The number of carbonyl (C=O) groups excluding carboxylic acids is 1. The highest BCUT2D eigenvalue weighted by atomic mass is 16.1. The van der Waals surface area contributed by atoms with E-state index < -0.39 is 0 Å². The van der Waals surface area contributed by atoms with Crippen LogP contribution in [0.1, 0.15) is 21.5 Å². The van der Waals surface area contributed by atoms with Crippen molar-refractivity contribution >= 4 is 5.91 Å². The van der Waals surface area contributed by atoms with Gasteiger partial charge in [0.05, 0.1) is 0 Å². The molecular weight excluding hydrogens is 272 g/mol. The summed E-state index contributed by atoms with van der Waals surface area (Å²) in [4.78, 5) is 14.0. The van der Waals surface area contributed by atoms with Gasteiger partial charge in [-0.15, -0.1) is 0 Å². The highest BCUT2D eigenvalue weighted by Crippen LogP contribution is 2.04. The molecule has 0 saturated carbocycles. The van der Waals surface area contributed by atoms with Gasteiger partial charge < -0.3 is 10.2 Å². The third-order valence-corrected chi connectivity index (χ3v) is 3.12. The highest BCUT2D eigenvalue weighted by molar-refractivity contribution is 5.94. The minimum Gasteiger partial charge on any atom is -0.351 e. The van der Waals surface area contributed by atoms with E-state index >= 15 is 0 Å². The number of benzene rings is 2. The number of hydrogen-bond acceptors (Lipinski definition) is 2. The fourth-order valence-electron chi connectivity index (χ4n) is 1.87. The Labute approximate surface area is 132 Å². The van der Waals surface area contributed by atoms with Gasteiger partial charge in [-0.1, -0.05) is 30.0 Å². The number of likely N-dealkylation sites (N-methyl/N-ethyl adjacent to an activating group) is 1. The lowest BCUT2D eigenvalue weighted by Gasteiger charge is -2.10. The molecule has 22 heavy (non-hydrogen) atoms. The molecule has 1 amide bonds. The van der Waals surface area contributed by atoms with E-state index in [0.717, 1.165) is 17.7 Å². The van der Waals surface area contributed by atoms with Crippen LogP contribution in [0.4, 0.5) is 0 Å². The minimum absolute atomic E-state index is 0.0515. The molecule has 2 aromatic rings. The Morgan fingerprint density at radius 2 is 1.55 bits per heavy atom. The van der Waals surface area contributed by atoms with E-state index in [1.807, 2.05) is 61.5 Å². The van der Waals surface area contributed by atoms with Crippen LogP contribution in [0.2, 0.25) is 0 Å². The van der Waals surface area contributed by atoms with Gasteiger partial charge >= 0.3 is 0 Å². The van der Waals surface area contributed by atoms with Gasteiger partial charge in [0.15, 0.2) is 0 Å². The summed E-state index contributed by atoms with van der Waals surface area (Å²) < 4.78 is 0. The molecule has 0 radical (unpaired) electrons. The van der Waals surface area contributed by atoms with Crippen LogP contribution in [0.25, 0.3) is 0 Å². The van der Waals surface area contributed by atoms with Crippen molar-refractivity contribution in [3.8, 4) is 11.8 Å². The van der Waals surface area contributed by atoms with Crippen molar-refractivity contribution in [2.45, 2.75) is 0 Å². The minimum atomic E-state index is -0.0515. The van der Waals surface area contributed by atoms with Crippen molar-refractivity contribution < 1.29 is 4.79 Å². The van der Waals surface area contributed by atoms with Gasteiger partial charge in [-0.2, -0.15) is 0 Å². The van der Waals surface area contributed by atoms with Crippen LogP contribution < -0.4 is 5.32 Å². The van der Waals surface area contributed by atoms with Gasteiger partial charge in [0.1, 0.15) is 0 Å². The first-order chi connectivity index (χ1) is 10.6. The Bertz CT molecular complexity index is 664. The topological polar surface area (TPSA) is 32.3 Å². The van der Waals surface area contributed by atoms with E-state index in [2.05, 4.69) is 17.2 Å². The number of nitrogens with one attached hydrogen (secondary N) is 1. The molecule has 1 N–H and O–H groups in total. The fourth-order valence-corrected chi connectivity index (χ4v) is 1.87. The second kappa shape index (κ2) is 8.02. The van der Waals surface area contributed by atoms with Crippen molar-refractivity contribution in [2.24, 2.45) is 0 Å². The molecule has 0 heterocycles. The van der Waals surface area contributed by atoms with Crippen molar-refractivity contribution in [3.63, 3.8) is 0 Å². The Morgan fingerprint density at radius 1 is 0.955 bits per heavy atom. The van der Waals surface area contributed by atoms with Crippen molar-refractivity contribution in [2.75, 3.05) is 27.2 Å². The van der Waals surface area contributed by atoms with Gasteiger partial charge in [0.2, 0.25) is 0 Å². The first-order valence-corrected chi connectivity index (χ1v) is 7.25. The average Bonchev–Trinajstić information content (AvgIpc) is 2.54. The molecule has 0 unspecified atom stereocenters. The summed E-state index contributed by atoms with van der Waals surface area (Å²) in [5.41, 5.74) is 2.53. The zero-order chi connectivity index (χ0) is 15.8. The zero-order valence-corrected chi connectivity index (χ0v) is 13.0. The van der Waals surface area contributed by atoms with E-state index in [-0.39, 0.29) is 5.91 Å². The van der Waals surface area contributed by atoms with Crippen molar-refractivity contribution in [3.05, 3.63) is 71.3 Å². The first-order valence-electron chi connectivity index (χ1n) is 7.25. The summed E-state index contributed by atoms with van der Waals surface area (Å²) in [5.74, 6) is 6.15. The van der Waals surface area contributed by atoms with Gasteiger partial charge in [-0.05, 0) is 50.5 Å². The van der Waals surface area contributed by atoms with E-state index in [1.54, 1.807) is 12.1 Å². The van der Waals surface area contributed by atoms with E-state index in [4.69, 9.17) is 0 Å². The number of hydrogen-bond donors (Lipinski definition) is 1. The van der Waals surface area contributed by atoms with Gasteiger partial charge in [0, 0.05) is 29.8 Å². The molecule has 0 bridgehead atoms. The van der Waals surface area contributed by atoms with Crippen LogP contribution in [0, 0.1) is 11.8 Å². The van der Waals surface area contributed by atoms with E-state index in [9.17, 15) is 4.79 Å². The number of rotatable bonds is 4. The predicted molar refractivity (Wildman–Crippen MR) is 89.8 cm³/mol. The lowest BCUT2D eigenvalue weighted by Crippen LogP contribution is -2.31. The molecule has 112 valence electrons. The maximum atomic E-state index is 12.0. The lowest BCUT2D eigenvalue weighted by atomic mass is 10.1. The van der Waals surface area contributed by atoms with Crippen LogP contribution in [-0.2, 0) is 0 Å². The first kappa shape index (κ1) is 15.8. The number of carbonyl (C=O) groups is 1. The lowest BCUT2D eigenvalue weighted by molar-refractivity contribution is 0.0951. The predicted octanol–water partition coefficient (Wildman–Crippen LogP) is 2.38. The molecule has 0 atom stereocenters. The molecule has 0 aromatic heterocycles. The van der Waals surface area contributed by atoms with Crippen LogP contribution >= 0.6 is 0 Å². The standard InChI is InChI=1S/C19H20N2O/c1-21(2)15-14-20-19(22)18-12-10-17(11-13-18)9-8-16-6-4-3-5-7-16/h3-7,10-13H,14-15H2,1-2H3,(H,20,22). The van der Waals surface area contributed by atoms with Crippen molar-refractivity contribution in [1.29, 1.82) is 0 Å². The molecule has 0 aliphatic rings. The summed E-state index contributed by atoms with van der Waals surface area (Å²) in [7, 11) is 3.96. The third-order valence-electron chi connectivity index (χ3n) is 3.12. The third kappa shape index (κ3) is 5.08.